The third kappa shape index (κ3) is 24.0. The number of hydrogen-bond donors (Lipinski definition) is 1. The molecule has 5 heteroatoms. The number of rotatable bonds is 23. The van der Waals surface area contributed by atoms with Crippen LogP contribution in [-0.4, -0.2) is 19.6 Å². The molecule has 0 rings (SSSR count). The zero-order chi connectivity index (χ0) is 21.6. The molecule has 0 saturated heterocycles. The Morgan fingerprint density at radius 3 is 1.21 bits per heavy atom. The Labute approximate surface area is 182 Å². The highest BCUT2D eigenvalue weighted by Gasteiger charge is 2.13. The van der Waals surface area contributed by atoms with Crippen molar-refractivity contribution in [1.82, 2.24) is 0 Å². The highest BCUT2D eigenvalue weighted by atomic mass is 32.3. The van der Waals surface area contributed by atoms with E-state index in [2.05, 4.69) is 18.0 Å². The van der Waals surface area contributed by atoms with Crippen molar-refractivity contribution in [2.45, 2.75) is 142 Å². The van der Waals surface area contributed by atoms with E-state index in [-0.39, 0.29) is 12.5 Å². The molecule has 0 heterocycles. The van der Waals surface area contributed by atoms with Crippen LogP contribution in [0.5, 0.6) is 0 Å². The van der Waals surface area contributed by atoms with E-state index in [0.29, 0.717) is 0 Å². The Balaban J connectivity index is 3.80. The van der Waals surface area contributed by atoms with Crippen molar-refractivity contribution in [3.63, 3.8) is 0 Å². The van der Waals surface area contributed by atoms with Gasteiger partial charge < -0.3 is 0 Å². The second kappa shape index (κ2) is 21.1. The van der Waals surface area contributed by atoms with Crippen LogP contribution in [-0.2, 0) is 14.6 Å². The lowest BCUT2D eigenvalue weighted by Crippen LogP contribution is -2.14. The summed E-state index contributed by atoms with van der Waals surface area (Å²) in [6, 6.07) is 0. The predicted molar refractivity (Wildman–Crippen MR) is 125 cm³/mol. The lowest BCUT2D eigenvalue weighted by molar-refractivity contribution is 0.204. The zero-order valence-corrected chi connectivity index (χ0v) is 20.3. The lowest BCUT2D eigenvalue weighted by Gasteiger charge is -2.16. The van der Waals surface area contributed by atoms with Crippen molar-refractivity contribution in [2.24, 2.45) is 5.92 Å². The molecule has 0 fully saturated rings. The number of unbranched alkanes of at least 4 members (excludes halogenated alkanes) is 16. The average molecular weight is 435 g/mol. The fraction of sp³-hybridized carbons (Fsp3) is 1.00. The summed E-state index contributed by atoms with van der Waals surface area (Å²) >= 11 is 0. The van der Waals surface area contributed by atoms with Crippen molar-refractivity contribution in [3.8, 4) is 0 Å². The van der Waals surface area contributed by atoms with Gasteiger partial charge in [-0.3, -0.25) is 4.55 Å². The first-order valence-electron chi connectivity index (χ1n) is 12.6. The van der Waals surface area contributed by atoms with Crippen molar-refractivity contribution in [3.05, 3.63) is 0 Å². The van der Waals surface area contributed by atoms with Crippen LogP contribution < -0.4 is 0 Å². The molecular formula is C24H50O4S. The van der Waals surface area contributed by atoms with E-state index in [1.807, 2.05) is 0 Å². The van der Waals surface area contributed by atoms with Gasteiger partial charge in [0.2, 0.25) is 0 Å². The minimum Gasteiger partial charge on any atom is -0.264 e. The van der Waals surface area contributed by atoms with Gasteiger partial charge in [-0.05, 0) is 18.8 Å². The first kappa shape index (κ1) is 28.9. The molecule has 0 aromatic carbocycles. The Bertz CT molecular complexity index is 423. The Hall–Kier alpha value is -0.130. The number of hydrogen-bond acceptors (Lipinski definition) is 3. The third-order valence-corrected chi connectivity index (χ3v) is 6.32. The summed E-state index contributed by atoms with van der Waals surface area (Å²) in [6.07, 6.45) is 25.3. The monoisotopic (exact) mass is 434 g/mol. The first-order valence-corrected chi connectivity index (χ1v) is 14.0. The van der Waals surface area contributed by atoms with Crippen LogP contribution in [0, 0.1) is 5.92 Å². The minimum absolute atomic E-state index is 0.132. The molecule has 0 aromatic rings. The molecule has 0 aliphatic heterocycles. The minimum atomic E-state index is -4.32. The van der Waals surface area contributed by atoms with Gasteiger partial charge in [0.15, 0.2) is 0 Å². The van der Waals surface area contributed by atoms with Gasteiger partial charge in [-0.1, -0.05) is 129 Å². The summed E-state index contributed by atoms with van der Waals surface area (Å²) < 4.78 is 35.4. The van der Waals surface area contributed by atoms with Crippen molar-refractivity contribution < 1.29 is 17.2 Å². The fourth-order valence-corrected chi connectivity index (χ4v) is 4.34. The summed E-state index contributed by atoms with van der Waals surface area (Å²) in [5.41, 5.74) is 0. The van der Waals surface area contributed by atoms with E-state index in [1.165, 1.54) is 103 Å². The summed E-state index contributed by atoms with van der Waals surface area (Å²) in [5, 5.41) is 0. The van der Waals surface area contributed by atoms with Gasteiger partial charge in [0.1, 0.15) is 0 Å². The maximum absolute atomic E-state index is 10.9. The lowest BCUT2D eigenvalue weighted by atomic mass is 9.94. The Kier molecular flexibility index (Phi) is 21.0. The van der Waals surface area contributed by atoms with E-state index < -0.39 is 10.4 Å². The van der Waals surface area contributed by atoms with Gasteiger partial charge in [-0.2, -0.15) is 8.42 Å². The Morgan fingerprint density at radius 1 is 0.586 bits per heavy atom. The molecule has 0 aliphatic rings. The van der Waals surface area contributed by atoms with Gasteiger partial charge in [0, 0.05) is 0 Å². The van der Waals surface area contributed by atoms with Crippen molar-refractivity contribution in [2.75, 3.05) is 6.61 Å². The molecule has 0 aliphatic carbocycles. The van der Waals surface area contributed by atoms with Gasteiger partial charge >= 0.3 is 10.4 Å². The highest BCUT2D eigenvalue weighted by molar-refractivity contribution is 7.80. The molecule has 4 nitrogen and oxygen atoms in total. The van der Waals surface area contributed by atoms with Gasteiger partial charge in [0.05, 0.1) is 6.61 Å². The van der Waals surface area contributed by atoms with Crippen LogP contribution in [0.1, 0.15) is 142 Å². The van der Waals surface area contributed by atoms with Crippen molar-refractivity contribution >= 4 is 10.4 Å². The SMILES string of the molecule is CCCCCCCCCCCCC(CCCCCCCCCC)COS(=O)(=O)O. The molecule has 1 N–H and O–H groups in total. The van der Waals surface area contributed by atoms with Crippen molar-refractivity contribution in [1.29, 1.82) is 0 Å². The van der Waals surface area contributed by atoms with Gasteiger partial charge in [-0.15, -0.1) is 0 Å². The maximum atomic E-state index is 10.9. The van der Waals surface area contributed by atoms with E-state index in [1.54, 1.807) is 0 Å². The second-order valence-electron chi connectivity index (χ2n) is 8.81. The molecule has 0 aromatic heterocycles. The maximum Gasteiger partial charge on any atom is 0.397 e. The topological polar surface area (TPSA) is 63.6 Å². The molecule has 1 unspecified atom stereocenters. The van der Waals surface area contributed by atoms with E-state index in [4.69, 9.17) is 4.55 Å². The molecule has 0 bridgehead atoms. The highest BCUT2D eigenvalue weighted by Crippen LogP contribution is 2.20. The molecule has 0 radical (unpaired) electrons. The first-order chi connectivity index (χ1) is 14.0. The van der Waals surface area contributed by atoms with Crippen LogP contribution in [0.25, 0.3) is 0 Å². The largest absolute Gasteiger partial charge is 0.397 e. The standard InChI is InChI=1S/C24H50O4S/c1-3-5-7-9-11-13-14-16-18-20-22-24(23-28-29(25,26)27)21-19-17-15-12-10-8-6-4-2/h24H,3-23H2,1-2H3,(H,25,26,27). The average Bonchev–Trinajstić information content (AvgIpc) is 2.68. The molecular weight excluding hydrogens is 384 g/mol. The van der Waals surface area contributed by atoms with Crippen LogP contribution in [0.2, 0.25) is 0 Å². The molecule has 1 atom stereocenters. The molecule has 0 amide bonds. The fourth-order valence-electron chi connectivity index (χ4n) is 3.98. The van der Waals surface area contributed by atoms with Gasteiger partial charge in [-0.25, -0.2) is 4.18 Å². The zero-order valence-electron chi connectivity index (χ0n) is 19.5. The summed E-state index contributed by atoms with van der Waals surface area (Å²) in [6.45, 7) is 4.62. The Morgan fingerprint density at radius 2 is 0.897 bits per heavy atom. The van der Waals surface area contributed by atoms with Gasteiger partial charge in [0.25, 0.3) is 0 Å². The quantitative estimate of drug-likeness (QED) is 0.130. The smallest absolute Gasteiger partial charge is 0.264 e. The van der Waals surface area contributed by atoms with Crippen LogP contribution in [0.15, 0.2) is 0 Å². The molecule has 29 heavy (non-hydrogen) atoms. The van der Waals surface area contributed by atoms with Crippen LogP contribution in [0.3, 0.4) is 0 Å². The summed E-state index contributed by atoms with van der Waals surface area (Å²) in [7, 11) is -4.32. The predicted octanol–water partition coefficient (Wildman–Crippen LogP) is 8.26. The van der Waals surface area contributed by atoms with Crippen LogP contribution >= 0.6 is 0 Å². The second-order valence-corrected chi connectivity index (χ2v) is 9.90. The summed E-state index contributed by atoms with van der Waals surface area (Å²) in [5.74, 6) is 0.242. The molecule has 0 spiro atoms. The summed E-state index contributed by atoms with van der Waals surface area (Å²) in [4.78, 5) is 0. The molecule has 176 valence electrons. The third-order valence-electron chi connectivity index (χ3n) is 5.88. The molecule has 0 saturated carbocycles. The van der Waals surface area contributed by atoms with E-state index >= 15 is 0 Å². The normalized spacial score (nSPS) is 13.1. The van der Waals surface area contributed by atoms with E-state index in [0.717, 1.165) is 25.7 Å². The van der Waals surface area contributed by atoms with Crippen LogP contribution in [0.4, 0.5) is 0 Å². The van der Waals surface area contributed by atoms with E-state index in [9.17, 15) is 8.42 Å².